The molecular weight excluding hydrogens is 464 g/mol. The Bertz CT molecular complexity index is 1080. The minimum Gasteiger partial charge on any atom is -0.497 e. The fourth-order valence-corrected chi connectivity index (χ4v) is 3.02. The molecule has 0 atom stereocenters. The van der Waals surface area contributed by atoms with Gasteiger partial charge in [-0.1, -0.05) is 36.4 Å². The first-order valence-electron chi connectivity index (χ1n) is 11.1. The van der Waals surface area contributed by atoms with Crippen molar-refractivity contribution in [2.45, 2.75) is 19.8 Å². The third-order valence-electron chi connectivity index (χ3n) is 5.11. The van der Waals surface area contributed by atoms with Gasteiger partial charge in [-0.05, 0) is 53.1 Å². The summed E-state index contributed by atoms with van der Waals surface area (Å²) in [4.78, 5) is 25.5. The van der Waals surface area contributed by atoms with Gasteiger partial charge in [0.15, 0.2) is 5.57 Å². The van der Waals surface area contributed by atoms with Gasteiger partial charge in [-0.2, -0.15) is 0 Å². The summed E-state index contributed by atoms with van der Waals surface area (Å²) in [5, 5.41) is 0. The van der Waals surface area contributed by atoms with Gasteiger partial charge in [0.25, 0.3) is 0 Å². The smallest absolute Gasteiger partial charge is 0.349 e. The third-order valence-corrected chi connectivity index (χ3v) is 5.11. The van der Waals surface area contributed by atoms with Crippen molar-refractivity contribution in [3.8, 4) is 17.2 Å². The van der Waals surface area contributed by atoms with E-state index in [0.29, 0.717) is 17.2 Å². The van der Waals surface area contributed by atoms with Crippen molar-refractivity contribution in [2.24, 2.45) is 0 Å². The lowest BCUT2D eigenvalue weighted by atomic mass is 10.2. The van der Waals surface area contributed by atoms with E-state index in [1.165, 1.54) is 0 Å². The van der Waals surface area contributed by atoms with Gasteiger partial charge in [-0.3, -0.25) is 0 Å². The lowest BCUT2D eigenvalue weighted by molar-refractivity contribution is -0.148. The molecule has 0 amide bonds. The van der Waals surface area contributed by atoms with E-state index < -0.39 is 11.9 Å². The second-order valence-corrected chi connectivity index (χ2v) is 7.54. The number of carbonyl (C=O) groups excluding carboxylic acids is 2. The molecule has 36 heavy (non-hydrogen) atoms. The summed E-state index contributed by atoms with van der Waals surface area (Å²) in [6, 6.07) is 21.3. The van der Waals surface area contributed by atoms with E-state index in [-0.39, 0.29) is 25.4 Å². The van der Waals surface area contributed by atoms with Crippen LogP contribution in [0.25, 0.3) is 0 Å². The maximum atomic E-state index is 12.8. The SMILES string of the molecule is COc1ccc(COC=C(C(=O)OCc2ccc(OC)cc2)C(=O)OCc2ccc(OC)cc2)cc1. The van der Waals surface area contributed by atoms with E-state index in [0.717, 1.165) is 23.0 Å². The summed E-state index contributed by atoms with van der Waals surface area (Å²) < 4.78 is 31.6. The molecule has 3 aromatic carbocycles. The van der Waals surface area contributed by atoms with Crippen molar-refractivity contribution in [3.05, 3.63) is 101 Å². The Hall–Kier alpha value is -4.46. The molecule has 0 saturated heterocycles. The maximum absolute atomic E-state index is 12.8. The highest BCUT2D eigenvalue weighted by atomic mass is 16.6. The number of carbonyl (C=O) groups is 2. The molecule has 0 N–H and O–H groups in total. The van der Waals surface area contributed by atoms with Gasteiger partial charge in [-0.25, -0.2) is 9.59 Å². The molecule has 188 valence electrons. The summed E-state index contributed by atoms with van der Waals surface area (Å²) in [5.74, 6) is 0.346. The molecule has 0 spiro atoms. The average Bonchev–Trinajstić information content (AvgIpc) is 2.93. The van der Waals surface area contributed by atoms with E-state index in [4.69, 9.17) is 28.4 Å². The molecule has 0 fully saturated rings. The quantitative estimate of drug-likeness (QED) is 0.119. The Morgan fingerprint density at radius 2 is 0.889 bits per heavy atom. The van der Waals surface area contributed by atoms with E-state index in [1.54, 1.807) is 82.0 Å². The maximum Gasteiger partial charge on any atom is 0.349 e. The molecule has 0 heterocycles. The molecule has 0 aliphatic carbocycles. The van der Waals surface area contributed by atoms with Crippen LogP contribution in [0.4, 0.5) is 0 Å². The van der Waals surface area contributed by atoms with Crippen molar-refractivity contribution in [1.29, 1.82) is 0 Å². The van der Waals surface area contributed by atoms with Crippen LogP contribution in [0.2, 0.25) is 0 Å². The fourth-order valence-electron chi connectivity index (χ4n) is 3.02. The van der Waals surface area contributed by atoms with E-state index in [1.807, 2.05) is 12.1 Å². The van der Waals surface area contributed by atoms with Crippen molar-refractivity contribution in [2.75, 3.05) is 21.3 Å². The van der Waals surface area contributed by atoms with E-state index >= 15 is 0 Å². The number of hydrogen-bond acceptors (Lipinski definition) is 8. The number of ether oxygens (including phenoxy) is 6. The van der Waals surface area contributed by atoms with Gasteiger partial charge in [0.2, 0.25) is 0 Å². The molecular formula is C28H28O8. The number of esters is 2. The summed E-state index contributed by atoms with van der Waals surface area (Å²) in [7, 11) is 4.71. The van der Waals surface area contributed by atoms with Crippen molar-refractivity contribution >= 4 is 11.9 Å². The van der Waals surface area contributed by atoms with E-state index in [2.05, 4.69) is 0 Å². The van der Waals surface area contributed by atoms with Gasteiger partial charge in [0, 0.05) is 0 Å². The first-order valence-corrected chi connectivity index (χ1v) is 11.1. The minimum atomic E-state index is -0.861. The highest BCUT2D eigenvalue weighted by molar-refractivity contribution is 6.13. The predicted molar refractivity (Wildman–Crippen MR) is 131 cm³/mol. The zero-order valence-electron chi connectivity index (χ0n) is 20.4. The van der Waals surface area contributed by atoms with Crippen molar-refractivity contribution in [3.63, 3.8) is 0 Å². The van der Waals surface area contributed by atoms with Crippen LogP contribution in [0.1, 0.15) is 16.7 Å². The standard InChI is InChI=1S/C28H28O8/c1-31-23-10-4-20(5-11-23)16-34-19-26(27(29)35-17-21-6-12-24(32-2)13-7-21)28(30)36-18-22-8-14-25(33-3)15-9-22/h4-15,19H,16-18H2,1-3H3. The second kappa shape index (κ2) is 13.4. The number of methoxy groups -OCH3 is 3. The van der Waals surface area contributed by atoms with E-state index in [9.17, 15) is 9.59 Å². The highest BCUT2D eigenvalue weighted by Gasteiger charge is 2.23. The van der Waals surface area contributed by atoms with Gasteiger partial charge in [-0.15, -0.1) is 0 Å². The largest absolute Gasteiger partial charge is 0.497 e. The predicted octanol–water partition coefficient (Wildman–Crippen LogP) is 4.60. The first-order chi connectivity index (χ1) is 17.5. The Kier molecular flexibility index (Phi) is 9.76. The van der Waals surface area contributed by atoms with Gasteiger partial charge in [0.05, 0.1) is 21.3 Å². The zero-order chi connectivity index (χ0) is 25.8. The van der Waals surface area contributed by atoms with Crippen molar-refractivity contribution in [1.82, 2.24) is 0 Å². The molecule has 8 heteroatoms. The van der Waals surface area contributed by atoms with Crippen LogP contribution in [-0.4, -0.2) is 33.3 Å². The molecule has 0 radical (unpaired) electrons. The summed E-state index contributed by atoms with van der Waals surface area (Å²) in [6.07, 6.45) is 1.07. The average molecular weight is 493 g/mol. The third kappa shape index (κ3) is 7.80. The summed E-state index contributed by atoms with van der Waals surface area (Å²) >= 11 is 0. The molecule has 3 rings (SSSR count). The molecule has 0 aromatic heterocycles. The monoisotopic (exact) mass is 492 g/mol. The molecule has 3 aromatic rings. The van der Waals surface area contributed by atoms with Crippen LogP contribution in [0.5, 0.6) is 17.2 Å². The normalized spacial score (nSPS) is 10.1. The van der Waals surface area contributed by atoms with Gasteiger partial charge >= 0.3 is 11.9 Å². The summed E-state index contributed by atoms with van der Waals surface area (Å²) in [6.45, 7) is 0.0554. The van der Waals surface area contributed by atoms with Gasteiger partial charge in [0.1, 0.15) is 43.3 Å². The molecule has 0 aliphatic rings. The van der Waals surface area contributed by atoms with Crippen LogP contribution < -0.4 is 14.2 Å². The van der Waals surface area contributed by atoms with Gasteiger partial charge < -0.3 is 28.4 Å². The molecule has 8 nitrogen and oxygen atoms in total. The first kappa shape index (κ1) is 26.2. The van der Waals surface area contributed by atoms with Crippen LogP contribution in [-0.2, 0) is 43.6 Å². The number of benzene rings is 3. The van der Waals surface area contributed by atoms with Crippen LogP contribution in [0, 0.1) is 0 Å². The van der Waals surface area contributed by atoms with Crippen molar-refractivity contribution < 1.29 is 38.0 Å². The molecule has 0 saturated carbocycles. The van der Waals surface area contributed by atoms with Crippen LogP contribution >= 0.6 is 0 Å². The second-order valence-electron chi connectivity index (χ2n) is 7.54. The van der Waals surface area contributed by atoms with Crippen LogP contribution in [0.3, 0.4) is 0 Å². The number of rotatable bonds is 12. The minimum absolute atomic E-state index is 0.0373. The highest BCUT2D eigenvalue weighted by Crippen LogP contribution is 2.16. The Morgan fingerprint density at radius 3 is 1.22 bits per heavy atom. The topological polar surface area (TPSA) is 89.5 Å². The molecule has 0 aliphatic heterocycles. The Labute approximate surface area is 210 Å². The van der Waals surface area contributed by atoms with Crippen LogP contribution in [0.15, 0.2) is 84.6 Å². The molecule has 0 bridgehead atoms. The number of hydrogen-bond donors (Lipinski definition) is 0. The lowest BCUT2D eigenvalue weighted by Crippen LogP contribution is -2.19. The Morgan fingerprint density at radius 1 is 0.556 bits per heavy atom. The Balaban J connectivity index is 1.66. The summed E-state index contributed by atoms with van der Waals surface area (Å²) in [5.41, 5.74) is 1.93. The molecule has 0 unspecified atom stereocenters. The zero-order valence-corrected chi connectivity index (χ0v) is 20.4. The fraction of sp³-hybridized carbons (Fsp3) is 0.214. The lowest BCUT2D eigenvalue weighted by Gasteiger charge is -2.10.